The van der Waals surface area contributed by atoms with Crippen LogP contribution in [0, 0.1) is 0 Å². The molecule has 3 aromatic carbocycles. The number of ketones is 1. The second kappa shape index (κ2) is 11.2. The second-order valence-electron chi connectivity index (χ2n) is 9.02. The summed E-state index contributed by atoms with van der Waals surface area (Å²) in [5.74, 6) is -0.266. The molecule has 0 saturated heterocycles. The van der Waals surface area contributed by atoms with Crippen molar-refractivity contribution in [2.75, 3.05) is 20.8 Å². The molecule has 40 heavy (non-hydrogen) atoms. The number of methoxy groups -OCH3 is 2. The third-order valence-corrected chi connectivity index (χ3v) is 6.47. The first kappa shape index (κ1) is 26.4. The summed E-state index contributed by atoms with van der Waals surface area (Å²) in [7, 11) is 3.07. The summed E-state index contributed by atoms with van der Waals surface area (Å²) in [5, 5.41) is 13.1. The summed E-state index contributed by atoms with van der Waals surface area (Å²) in [6.45, 7) is -0.420. The number of H-pyrrole nitrogens is 1. The Morgan fingerprint density at radius 3 is 2.62 bits per heavy atom. The van der Waals surface area contributed by atoms with Gasteiger partial charge in [-0.05, 0) is 42.0 Å². The third-order valence-electron chi connectivity index (χ3n) is 6.47. The quantitative estimate of drug-likeness (QED) is 0.256. The first-order valence-electron chi connectivity index (χ1n) is 12.4. The Labute approximate surface area is 229 Å². The Morgan fingerprint density at radius 2 is 1.85 bits per heavy atom. The Hall–Kier alpha value is -5.25. The van der Waals surface area contributed by atoms with Crippen molar-refractivity contribution < 1.29 is 38.4 Å². The minimum Gasteiger partial charge on any atom is -0.497 e. The van der Waals surface area contributed by atoms with E-state index in [4.69, 9.17) is 18.9 Å². The van der Waals surface area contributed by atoms with Crippen molar-refractivity contribution >= 4 is 34.6 Å². The SMILES string of the molecule is COc1ccc(C=C2Oc3cc(OCC(=O)NC(Cc4c[nH]c5ccccc45)C(=O)O)ccc3C2=O)c(OC)c1. The number of carboxylic acid groups (broad SMARTS) is 1. The highest BCUT2D eigenvalue weighted by atomic mass is 16.5. The number of aromatic nitrogens is 1. The maximum atomic E-state index is 12.9. The van der Waals surface area contributed by atoms with Gasteiger partial charge in [0.25, 0.3) is 5.91 Å². The number of ether oxygens (including phenoxy) is 4. The van der Waals surface area contributed by atoms with E-state index in [1.165, 1.54) is 13.2 Å². The topological polar surface area (TPSA) is 136 Å². The van der Waals surface area contributed by atoms with E-state index in [1.54, 1.807) is 49.7 Å². The van der Waals surface area contributed by atoms with Gasteiger partial charge in [-0.2, -0.15) is 0 Å². The van der Waals surface area contributed by atoms with Crippen LogP contribution in [0.2, 0.25) is 0 Å². The lowest BCUT2D eigenvalue weighted by atomic mass is 10.1. The number of aliphatic carboxylic acids is 1. The third kappa shape index (κ3) is 5.46. The Balaban J connectivity index is 1.23. The number of para-hydroxylation sites is 1. The molecular formula is C30H26N2O8. The summed E-state index contributed by atoms with van der Waals surface area (Å²) >= 11 is 0. The van der Waals surface area contributed by atoms with Crippen LogP contribution in [0.25, 0.3) is 17.0 Å². The molecule has 1 aromatic heterocycles. The predicted molar refractivity (Wildman–Crippen MR) is 146 cm³/mol. The van der Waals surface area contributed by atoms with Gasteiger partial charge >= 0.3 is 5.97 Å². The van der Waals surface area contributed by atoms with Gasteiger partial charge < -0.3 is 34.4 Å². The molecule has 0 fully saturated rings. The van der Waals surface area contributed by atoms with Gasteiger partial charge in [0.15, 0.2) is 12.4 Å². The maximum absolute atomic E-state index is 12.9. The van der Waals surface area contributed by atoms with Crippen LogP contribution in [-0.4, -0.2) is 54.6 Å². The number of aromatic amines is 1. The zero-order valence-electron chi connectivity index (χ0n) is 21.7. The molecule has 10 heteroatoms. The highest BCUT2D eigenvalue weighted by molar-refractivity contribution is 6.14. The number of Topliss-reactive ketones (excluding diaryl/α,β-unsaturated/α-hetero) is 1. The lowest BCUT2D eigenvalue weighted by Gasteiger charge is -2.15. The summed E-state index contributed by atoms with van der Waals surface area (Å²) < 4.78 is 21.9. The number of fused-ring (bicyclic) bond motifs is 2. The molecule has 4 aromatic rings. The van der Waals surface area contributed by atoms with E-state index in [0.29, 0.717) is 22.6 Å². The minimum atomic E-state index is -1.16. The van der Waals surface area contributed by atoms with Gasteiger partial charge in [-0.1, -0.05) is 18.2 Å². The number of hydrogen-bond donors (Lipinski definition) is 3. The molecule has 1 unspecified atom stereocenters. The fourth-order valence-corrected chi connectivity index (χ4v) is 4.44. The molecule has 2 heterocycles. The molecule has 0 bridgehead atoms. The Bertz CT molecular complexity index is 1640. The molecule has 0 spiro atoms. The van der Waals surface area contributed by atoms with Crippen LogP contribution in [0.1, 0.15) is 21.5 Å². The average Bonchev–Trinajstić information content (AvgIpc) is 3.51. The molecule has 204 valence electrons. The number of nitrogens with one attached hydrogen (secondary N) is 2. The molecule has 0 saturated carbocycles. The molecule has 1 amide bonds. The number of hydrogen-bond acceptors (Lipinski definition) is 7. The van der Waals surface area contributed by atoms with E-state index in [1.807, 2.05) is 24.3 Å². The predicted octanol–water partition coefficient (Wildman–Crippen LogP) is 3.99. The smallest absolute Gasteiger partial charge is 0.326 e. The summed E-state index contributed by atoms with van der Waals surface area (Å²) in [5.41, 5.74) is 2.64. The molecule has 1 atom stereocenters. The summed E-state index contributed by atoms with van der Waals surface area (Å²) in [6, 6.07) is 16.2. The van der Waals surface area contributed by atoms with Crippen molar-refractivity contribution in [2.45, 2.75) is 12.5 Å². The fourth-order valence-electron chi connectivity index (χ4n) is 4.44. The normalized spacial score (nSPS) is 13.9. The van der Waals surface area contributed by atoms with Gasteiger partial charge in [0.2, 0.25) is 5.78 Å². The van der Waals surface area contributed by atoms with E-state index >= 15 is 0 Å². The second-order valence-corrected chi connectivity index (χ2v) is 9.02. The van der Waals surface area contributed by atoms with Crippen molar-refractivity contribution in [3.05, 3.63) is 89.3 Å². The van der Waals surface area contributed by atoms with E-state index in [2.05, 4.69) is 10.3 Å². The van der Waals surface area contributed by atoms with E-state index in [0.717, 1.165) is 16.5 Å². The van der Waals surface area contributed by atoms with Crippen molar-refractivity contribution in [1.82, 2.24) is 10.3 Å². The lowest BCUT2D eigenvalue weighted by molar-refractivity contribution is -0.142. The average molecular weight is 543 g/mol. The first-order valence-corrected chi connectivity index (χ1v) is 12.4. The molecule has 5 rings (SSSR count). The number of carbonyl (C=O) groups excluding carboxylic acids is 2. The van der Waals surface area contributed by atoms with Gasteiger partial charge in [0, 0.05) is 41.2 Å². The lowest BCUT2D eigenvalue weighted by Crippen LogP contribution is -2.44. The monoisotopic (exact) mass is 542 g/mol. The van der Waals surface area contributed by atoms with Crippen LogP contribution in [0.5, 0.6) is 23.0 Å². The van der Waals surface area contributed by atoms with Crippen molar-refractivity contribution in [1.29, 1.82) is 0 Å². The van der Waals surface area contributed by atoms with Crippen molar-refractivity contribution in [2.24, 2.45) is 0 Å². The Kier molecular flexibility index (Phi) is 7.41. The van der Waals surface area contributed by atoms with E-state index < -0.39 is 24.5 Å². The first-order chi connectivity index (χ1) is 19.4. The maximum Gasteiger partial charge on any atom is 0.326 e. The van der Waals surface area contributed by atoms with Crippen LogP contribution in [0.15, 0.2) is 72.6 Å². The van der Waals surface area contributed by atoms with Crippen molar-refractivity contribution in [3.8, 4) is 23.0 Å². The number of carbonyl (C=O) groups is 3. The highest BCUT2D eigenvalue weighted by Gasteiger charge is 2.28. The summed E-state index contributed by atoms with van der Waals surface area (Å²) in [4.78, 5) is 40.4. The molecule has 3 N–H and O–H groups in total. The van der Waals surface area contributed by atoms with Gasteiger partial charge in [-0.25, -0.2) is 4.79 Å². The molecular weight excluding hydrogens is 516 g/mol. The number of amides is 1. The Morgan fingerprint density at radius 1 is 1.05 bits per heavy atom. The molecule has 1 aliphatic heterocycles. The van der Waals surface area contributed by atoms with Crippen LogP contribution in [0.4, 0.5) is 0 Å². The molecule has 1 aliphatic rings. The van der Waals surface area contributed by atoms with Crippen LogP contribution < -0.4 is 24.3 Å². The number of rotatable bonds is 10. The number of benzene rings is 3. The van der Waals surface area contributed by atoms with Gasteiger partial charge in [-0.3, -0.25) is 9.59 Å². The highest BCUT2D eigenvalue weighted by Crippen LogP contribution is 2.36. The molecule has 10 nitrogen and oxygen atoms in total. The number of carboxylic acids is 1. The summed E-state index contributed by atoms with van der Waals surface area (Å²) in [6.07, 6.45) is 3.42. The molecule has 0 radical (unpaired) electrons. The number of allylic oxidation sites excluding steroid dienone is 1. The zero-order valence-corrected chi connectivity index (χ0v) is 21.7. The van der Waals surface area contributed by atoms with Gasteiger partial charge in [0.05, 0.1) is 19.8 Å². The van der Waals surface area contributed by atoms with Gasteiger partial charge in [0.1, 0.15) is 29.0 Å². The zero-order chi connectivity index (χ0) is 28.2. The van der Waals surface area contributed by atoms with Crippen LogP contribution in [0.3, 0.4) is 0 Å². The fraction of sp³-hybridized carbons (Fsp3) is 0.167. The largest absolute Gasteiger partial charge is 0.497 e. The van der Waals surface area contributed by atoms with Crippen LogP contribution in [-0.2, 0) is 16.0 Å². The van der Waals surface area contributed by atoms with Gasteiger partial charge in [-0.15, -0.1) is 0 Å². The van der Waals surface area contributed by atoms with Crippen LogP contribution >= 0.6 is 0 Å². The standard InChI is InChI=1S/C30H26N2O8/c1-37-19-8-7-17(25(13-19)38-2)12-27-29(34)22-10-9-20(14-26(22)40-27)39-16-28(33)32-24(30(35)36)11-18-15-31-23-6-4-3-5-21(18)23/h3-10,12-15,24,31H,11,16H2,1-2H3,(H,32,33)(H,35,36). The van der Waals surface area contributed by atoms with Crippen molar-refractivity contribution in [3.63, 3.8) is 0 Å². The molecule has 0 aliphatic carbocycles. The van der Waals surface area contributed by atoms with E-state index in [-0.39, 0.29) is 29.5 Å². The minimum absolute atomic E-state index is 0.105. The van der Waals surface area contributed by atoms with E-state index in [9.17, 15) is 19.5 Å².